The number of carbonyl (C=O) groups is 2. The van der Waals surface area contributed by atoms with Crippen LogP contribution in [0.25, 0.3) is 0 Å². The van der Waals surface area contributed by atoms with Crippen LogP contribution in [-0.4, -0.2) is 25.6 Å². The number of hydrogen-bond acceptors (Lipinski definition) is 3. The lowest BCUT2D eigenvalue weighted by atomic mass is 9.48. The van der Waals surface area contributed by atoms with E-state index in [-0.39, 0.29) is 21.4 Å². The van der Waals surface area contributed by atoms with E-state index < -0.39 is 0 Å². The molecule has 6 rings (SSSR count). The van der Waals surface area contributed by atoms with E-state index in [4.69, 9.17) is 0 Å². The summed E-state index contributed by atoms with van der Waals surface area (Å²) in [6.07, 6.45) is 11.4. The van der Waals surface area contributed by atoms with Crippen LogP contribution < -0.4 is 5.32 Å². The molecule has 0 aliphatic heterocycles. The van der Waals surface area contributed by atoms with Gasteiger partial charge in [-0.15, -0.1) is 0 Å². The van der Waals surface area contributed by atoms with Gasteiger partial charge in [0, 0.05) is 41.4 Å². The van der Waals surface area contributed by atoms with Crippen LogP contribution in [0.4, 0.5) is 5.69 Å². The van der Waals surface area contributed by atoms with Crippen molar-refractivity contribution < 1.29 is 9.59 Å². The number of alkyl halides is 1. The van der Waals surface area contributed by atoms with E-state index in [1.165, 1.54) is 32.1 Å². The van der Waals surface area contributed by atoms with Gasteiger partial charge in [-0.25, -0.2) is 4.98 Å². The summed E-state index contributed by atoms with van der Waals surface area (Å²) >= 11 is 4.02. The quantitative estimate of drug-likeness (QED) is 0.524. The molecule has 0 spiro atoms. The van der Waals surface area contributed by atoms with E-state index in [1.807, 2.05) is 0 Å². The fourth-order valence-corrected chi connectivity index (χ4v) is 8.02. The number of imidazole rings is 1. The monoisotopic (exact) mass is 455 g/mol. The maximum absolute atomic E-state index is 12.8. The van der Waals surface area contributed by atoms with Crippen molar-refractivity contribution in [1.29, 1.82) is 0 Å². The summed E-state index contributed by atoms with van der Waals surface area (Å²) < 4.78 is 1.98. The maximum atomic E-state index is 12.8. The number of halogens is 1. The van der Waals surface area contributed by atoms with E-state index >= 15 is 0 Å². The minimum absolute atomic E-state index is 0.0891. The van der Waals surface area contributed by atoms with Crippen molar-refractivity contribution in [1.82, 2.24) is 9.55 Å². The second-order valence-electron chi connectivity index (χ2n) is 9.61. The molecule has 152 valence electrons. The number of nitrogens with one attached hydrogen (secondary N) is 1. The normalized spacial score (nSPS) is 32.3. The molecule has 4 fully saturated rings. The van der Waals surface area contributed by atoms with Crippen LogP contribution in [0.5, 0.6) is 0 Å². The minimum Gasteiger partial charge on any atom is -0.331 e. The molecule has 1 aromatic heterocycles. The van der Waals surface area contributed by atoms with Crippen molar-refractivity contribution in [2.45, 2.75) is 49.3 Å². The highest BCUT2D eigenvalue weighted by atomic mass is 79.9. The topological polar surface area (TPSA) is 64.0 Å². The zero-order valence-corrected chi connectivity index (χ0v) is 18.2. The Morgan fingerprint density at radius 2 is 1.86 bits per heavy atom. The summed E-state index contributed by atoms with van der Waals surface area (Å²) in [6, 6.07) is 7.12. The van der Waals surface area contributed by atoms with Crippen molar-refractivity contribution in [2.24, 2.45) is 24.3 Å². The molecule has 1 aromatic carbocycles. The molecule has 2 aromatic rings. The Morgan fingerprint density at radius 1 is 1.17 bits per heavy atom. The summed E-state index contributed by atoms with van der Waals surface area (Å²) in [5.74, 6) is 1.93. The van der Waals surface area contributed by atoms with Gasteiger partial charge < -0.3 is 9.88 Å². The molecule has 1 amide bonds. The Morgan fingerprint density at radius 3 is 2.45 bits per heavy atom. The van der Waals surface area contributed by atoms with Crippen LogP contribution in [0, 0.1) is 17.3 Å². The first-order chi connectivity index (χ1) is 13.8. The zero-order valence-electron chi connectivity index (χ0n) is 16.7. The summed E-state index contributed by atoms with van der Waals surface area (Å²) in [5.41, 5.74) is 1.47. The molecule has 4 saturated carbocycles. The standard InChI is InChI=1S/C23H26BrN3O2/c1-27-7-6-25-21(27)20(29)17-2-4-18(5-3-17)26-19(28)13-22-9-15-8-16(10-22)12-23(24,11-15)14-22/h2-7,15-16H,8-14H2,1H3,(H,26,28). The number of rotatable bonds is 5. The molecule has 4 aliphatic carbocycles. The van der Waals surface area contributed by atoms with Crippen LogP contribution in [0.3, 0.4) is 0 Å². The lowest BCUT2D eigenvalue weighted by Crippen LogP contribution is -2.53. The average Bonchev–Trinajstić information content (AvgIpc) is 3.05. The van der Waals surface area contributed by atoms with Crippen LogP contribution >= 0.6 is 15.9 Å². The van der Waals surface area contributed by atoms with Gasteiger partial charge in [-0.1, -0.05) is 15.9 Å². The number of benzene rings is 1. The minimum atomic E-state index is -0.119. The number of amides is 1. The zero-order chi connectivity index (χ0) is 20.2. The Kier molecular flexibility index (Phi) is 4.46. The molecule has 29 heavy (non-hydrogen) atoms. The lowest BCUT2D eigenvalue weighted by molar-refractivity contribution is -0.123. The van der Waals surface area contributed by atoms with E-state index in [0.717, 1.165) is 23.9 Å². The van der Waals surface area contributed by atoms with Gasteiger partial charge in [0.15, 0.2) is 5.82 Å². The fraction of sp³-hybridized carbons (Fsp3) is 0.522. The van der Waals surface area contributed by atoms with Crippen LogP contribution in [0.2, 0.25) is 0 Å². The SMILES string of the molecule is Cn1ccnc1C(=O)c1ccc(NC(=O)CC23CC4CC(CC(Br)(C4)C2)C3)cc1. The van der Waals surface area contributed by atoms with Crippen LogP contribution in [0.15, 0.2) is 36.7 Å². The second-order valence-corrected chi connectivity index (χ2v) is 11.3. The van der Waals surface area contributed by atoms with Crippen molar-refractivity contribution in [3.63, 3.8) is 0 Å². The molecular weight excluding hydrogens is 430 g/mol. The smallest absolute Gasteiger partial charge is 0.228 e. The van der Waals surface area contributed by atoms with Crippen LogP contribution in [-0.2, 0) is 11.8 Å². The largest absolute Gasteiger partial charge is 0.331 e. The molecule has 5 nitrogen and oxygen atoms in total. The summed E-state index contributed by atoms with van der Waals surface area (Å²) in [6.45, 7) is 0. The van der Waals surface area contributed by atoms with E-state index in [9.17, 15) is 9.59 Å². The molecule has 0 saturated heterocycles. The predicted molar refractivity (Wildman–Crippen MR) is 115 cm³/mol. The van der Waals surface area contributed by atoms with Crippen molar-refractivity contribution in [3.8, 4) is 0 Å². The molecule has 1 heterocycles. The van der Waals surface area contributed by atoms with Gasteiger partial charge in [-0.05, 0) is 80.0 Å². The highest BCUT2D eigenvalue weighted by Crippen LogP contribution is 2.65. The number of nitrogens with zero attached hydrogens (tertiary/aromatic N) is 2. The number of carbonyl (C=O) groups excluding carboxylic acids is 2. The number of hydrogen-bond donors (Lipinski definition) is 1. The van der Waals surface area contributed by atoms with E-state index in [2.05, 4.69) is 26.2 Å². The lowest BCUT2D eigenvalue weighted by Gasteiger charge is -2.60. The summed E-state index contributed by atoms with van der Waals surface area (Å²) in [4.78, 5) is 29.5. The predicted octanol–water partition coefficient (Wildman–Crippen LogP) is 4.71. The number of aryl methyl sites for hydroxylation is 1. The third-order valence-corrected chi connectivity index (χ3v) is 8.03. The molecule has 4 aliphatic rings. The fourth-order valence-electron chi connectivity index (χ4n) is 6.51. The molecule has 2 atom stereocenters. The first-order valence-electron chi connectivity index (χ1n) is 10.4. The average molecular weight is 456 g/mol. The first-order valence-corrected chi connectivity index (χ1v) is 11.2. The third kappa shape index (κ3) is 3.56. The highest BCUT2D eigenvalue weighted by Gasteiger charge is 2.57. The van der Waals surface area contributed by atoms with Crippen molar-refractivity contribution >= 4 is 33.3 Å². The number of ketones is 1. The Bertz CT molecular complexity index is 951. The molecule has 6 heteroatoms. The maximum Gasteiger partial charge on any atom is 0.228 e. The van der Waals surface area contributed by atoms with Gasteiger partial charge in [0.2, 0.25) is 11.7 Å². The van der Waals surface area contributed by atoms with E-state index in [1.54, 1.807) is 48.3 Å². The molecular formula is C23H26BrN3O2. The Balaban J connectivity index is 1.25. The number of anilines is 1. The third-order valence-electron chi connectivity index (χ3n) is 7.10. The van der Waals surface area contributed by atoms with Crippen molar-refractivity contribution in [2.75, 3.05) is 5.32 Å². The Hall–Kier alpha value is -1.95. The Labute approximate surface area is 179 Å². The number of aromatic nitrogens is 2. The van der Waals surface area contributed by atoms with Gasteiger partial charge in [-0.3, -0.25) is 9.59 Å². The van der Waals surface area contributed by atoms with Gasteiger partial charge >= 0.3 is 0 Å². The van der Waals surface area contributed by atoms with Crippen molar-refractivity contribution in [3.05, 3.63) is 48.0 Å². The van der Waals surface area contributed by atoms with Gasteiger partial charge in [-0.2, -0.15) is 0 Å². The molecule has 0 radical (unpaired) electrons. The van der Waals surface area contributed by atoms with Crippen LogP contribution in [0.1, 0.15) is 61.1 Å². The van der Waals surface area contributed by atoms with Gasteiger partial charge in [0.1, 0.15) is 0 Å². The molecule has 1 N–H and O–H groups in total. The summed E-state index contributed by atoms with van der Waals surface area (Å²) in [5, 5.41) is 3.06. The molecule has 2 unspecified atom stereocenters. The molecule has 4 bridgehead atoms. The van der Waals surface area contributed by atoms with E-state index in [0.29, 0.717) is 17.8 Å². The summed E-state index contributed by atoms with van der Waals surface area (Å²) in [7, 11) is 1.80. The van der Waals surface area contributed by atoms with Gasteiger partial charge in [0.25, 0.3) is 0 Å². The van der Waals surface area contributed by atoms with Gasteiger partial charge in [0.05, 0.1) is 0 Å². The second kappa shape index (κ2) is 6.79. The first kappa shape index (κ1) is 19.0. The highest BCUT2D eigenvalue weighted by molar-refractivity contribution is 9.10.